The second-order valence-electron chi connectivity index (χ2n) is 6.63. The number of carbonyl (C=O) groups is 2. The first kappa shape index (κ1) is 21.6. The van der Waals surface area contributed by atoms with Crippen LogP contribution in [0, 0.1) is 0 Å². The molecule has 0 unspecified atom stereocenters. The van der Waals surface area contributed by atoms with Gasteiger partial charge < -0.3 is 20.9 Å². The molecule has 0 aliphatic rings. The highest BCUT2D eigenvalue weighted by molar-refractivity contribution is 5.85. The van der Waals surface area contributed by atoms with Crippen molar-refractivity contribution < 1.29 is 9.59 Å². The van der Waals surface area contributed by atoms with Crippen LogP contribution in [0.25, 0.3) is 0 Å². The van der Waals surface area contributed by atoms with Gasteiger partial charge in [-0.3, -0.25) is 14.4 Å². The molecular formula is C17H30N6O3. The van der Waals surface area contributed by atoms with E-state index in [4.69, 9.17) is 0 Å². The maximum Gasteiger partial charge on any atom is 0.264 e. The summed E-state index contributed by atoms with van der Waals surface area (Å²) in [4.78, 5) is 37.0. The topological polar surface area (TPSA) is 119 Å². The molecule has 0 saturated carbocycles. The number of aromatic nitrogens is 2. The van der Waals surface area contributed by atoms with E-state index in [0.29, 0.717) is 31.5 Å². The highest BCUT2D eigenvalue weighted by atomic mass is 16.2. The molecule has 1 rings (SSSR count). The van der Waals surface area contributed by atoms with Gasteiger partial charge in [-0.1, -0.05) is 13.8 Å². The molecule has 9 heteroatoms. The van der Waals surface area contributed by atoms with Crippen LogP contribution in [-0.4, -0.2) is 65.2 Å². The maximum atomic E-state index is 12.5. The first-order valence-electron chi connectivity index (χ1n) is 8.88. The monoisotopic (exact) mass is 366 g/mol. The second kappa shape index (κ2) is 11.2. The molecule has 1 heterocycles. The van der Waals surface area contributed by atoms with E-state index in [9.17, 15) is 14.4 Å². The number of hydrogen-bond acceptors (Lipinski definition) is 6. The van der Waals surface area contributed by atoms with E-state index in [0.717, 1.165) is 0 Å². The lowest BCUT2D eigenvalue weighted by atomic mass is 10.3. The molecule has 26 heavy (non-hydrogen) atoms. The molecule has 146 valence electrons. The zero-order valence-electron chi connectivity index (χ0n) is 16.0. The molecular weight excluding hydrogens is 336 g/mol. The average Bonchev–Trinajstić information content (AvgIpc) is 2.54. The molecule has 0 aliphatic heterocycles. The third-order valence-electron chi connectivity index (χ3n) is 3.40. The number of H-pyrrole nitrogens is 1. The Bertz CT molecular complexity index is 609. The van der Waals surface area contributed by atoms with Crippen molar-refractivity contribution in [1.29, 1.82) is 0 Å². The molecule has 0 saturated heterocycles. The maximum absolute atomic E-state index is 12.5. The zero-order chi connectivity index (χ0) is 19.5. The Labute approximate surface area is 153 Å². The van der Waals surface area contributed by atoms with Crippen LogP contribution in [0.2, 0.25) is 0 Å². The summed E-state index contributed by atoms with van der Waals surface area (Å²) >= 11 is 0. The SMILES string of the molecule is CC(C)NCCN(CC(=O)NC(C)C)C(=O)CCNc1ccc(=O)[nH]n1. The molecule has 0 aliphatic carbocycles. The summed E-state index contributed by atoms with van der Waals surface area (Å²) in [6.07, 6.45) is 0.220. The number of nitrogens with zero attached hydrogens (tertiary/aromatic N) is 2. The number of aromatic amines is 1. The van der Waals surface area contributed by atoms with Crippen molar-refractivity contribution in [3.05, 3.63) is 22.5 Å². The van der Waals surface area contributed by atoms with Gasteiger partial charge in [0.15, 0.2) is 0 Å². The Morgan fingerprint density at radius 1 is 1.15 bits per heavy atom. The number of rotatable bonds is 11. The van der Waals surface area contributed by atoms with E-state index < -0.39 is 0 Å². The predicted molar refractivity (Wildman–Crippen MR) is 101 cm³/mol. The molecule has 2 amide bonds. The van der Waals surface area contributed by atoms with Gasteiger partial charge in [0.2, 0.25) is 11.8 Å². The molecule has 0 spiro atoms. The lowest BCUT2D eigenvalue weighted by Gasteiger charge is -2.24. The number of carbonyl (C=O) groups excluding carboxylic acids is 2. The Kier molecular flexibility index (Phi) is 9.35. The molecule has 0 aromatic carbocycles. The van der Waals surface area contributed by atoms with Crippen molar-refractivity contribution in [3.8, 4) is 0 Å². The van der Waals surface area contributed by atoms with Crippen molar-refractivity contribution in [2.24, 2.45) is 0 Å². The molecule has 0 fully saturated rings. The van der Waals surface area contributed by atoms with Gasteiger partial charge in [-0.2, -0.15) is 5.10 Å². The van der Waals surface area contributed by atoms with E-state index in [1.807, 2.05) is 27.7 Å². The minimum atomic E-state index is -0.286. The van der Waals surface area contributed by atoms with Crippen molar-refractivity contribution in [2.45, 2.75) is 46.2 Å². The summed E-state index contributed by atoms with van der Waals surface area (Å²) in [6.45, 7) is 9.28. The third-order valence-corrected chi connectivity index (χ3v) is 3.40. The quantitative estimate of drug-likeness (QED) is 0.435. The Balaban J connectivity index is 2.53. The second-order valence-corrected chi connectivity index (χ2v) is 6.63. The zero-order valence-corrected chi connectivity index (χ0v) is 16.0. The number of anilines is 1. The van der Waals surface area contributed by atoms with Gasteiger partial charge in [0, 0.05) is 44.2 Å². The smallest absolute Gasteiger partial charge is 0.264 e. The van der Waals surface area contributed by atoms with Crippen LogP contribution >= 0.6 is 0 Å². The van der Waals surface area contributed by atoms with Crippen molar-refractivity contribution in [2.75, 3.05) is 31.5 Å². The Morgan fingerprint density at radius 2 is 1.88 bits per heavy atom. The number of amides is 2. The van der Waals surface area contributed by atoms with Crippen LogP contribution < -0.4 is 21.5 Å². The molecule has 0 radical (unpaired) electrons. The summed E-state index contributed by atoms with van der Waals surface area (Å²) in [6, 6.07) is 3.24. The Hall–Kier alpha value is -2.42. The minimum absolute atomic E-state index is 0.0289. The lowest BCUT2D eigenvalue weighted by molar-refractivity contribution is -0.136. The fourth-order valence-corrected chi connectivity index (χ4v) is 2.22. The van der Waals surface area contributed by atoms with Gasteiger partial charge in [0.1, 0.15) is 5.82 Å². The molecule has 9 nitrogen and oxygen atoms in total. The first-order chi connectivity index (χ1) is 12.3. The summed E-state index contributed by atoms with van der Waals surface area (Å²) in [7, 11) is 0. The molecule has 1 aromatic heterocycles. The van der Waals surface area contributed by atoms with Crippen LogP contribution in [0.4, 0.5) is 5.82 Å². The first-order valence-corrected chi connectivity index (χ1v) is 8.88. The standard InChI is InChI=1S/C17H30N6O3/c1-12(2)18-9-10-23(11-16(25)20-13(3)4)17(26)7-8-19-14-5-6-15(24)22-21-14/h5-6,12-13,18H,7-11H2,1-4H3,(H,19,21)(H,20,25)(H,22,24). The Morgan fingerprint density at radius 3 is 2.46 bits per heavy atom. The van der Waals surface area contributed by atoms with Crippen LogP contribution in [-0.2, 0) is 9.59 Å². The van der Waals surface area contributed by atoms with Crippen LogP contribution in [0.15, 0.2) is 16.9 Å². The van der Waals surface area contributed by atoms with Crippen molar-refractivity contribution in [1.82, 2.24) is 25.7 Å². The molecule has 0 atom stereocenters. The largest absolute Gasteiger partial charge is 0.368 e. The van der Waals surface area contributed by atoms with Crippen molar-refractivity contribution in [3.63, 3.8) is 0 Å². The highest BCUT2D eigenvalue weighted by Crippen LogP contribution is 1.99. The van der Waals surface area contributed by atoms with E-state index >= 15 is 0 Å². The fourth-order valence-electron chi connectivity index (χ4n) is 2.22. The van der Waals surface area contributed by atoms with Crippen LogP contribution in [0.5, 0.6) is 0 Å². The lowest BCUT2D eigenvalue weighted by Crippen LogP contribution is -2.46. The van der Waals surface area contributed by atoms with Gasteiger partial charge in [-0.25, -0.2) is 5.10 Å². The number of nitrogens with one attached hydrogen (secondary N) is 4. The van der Waals surface area contributed by atoms with Gasteiger partial charge in [0.25, 0.3) is 5.56 Å². The van der Waals surface area contributed by atoms with E-state index in [2.05, 4.69) is 26.1 Å². The average molecular weight is 366 g/mol. The van der Waals surface area contributed by atoms with Crippen LogP contribution in [0.1, 0.15) is 34.1 Å². The van der Waals surface area contributed by atoms with Gasteiger partial charge >= 0.3 is 0 Å². The summed E-state index contributed by atoms with van der Waals surface area (Å²) in [5.74, 6) is 0.197. The predicted octanol–water partition coefficient (Wildman–Crippen LogP) is -0.0769. The van der Waals surface area contributed by atoms with E-state index in [-0.39, 0.29) is 36.4 Å². The van der Waals surface area contributed by atoms with Gasteiger partial charge in [0.05, 0.1) is 6.54 Å². The molecule has 0 bridgehead atoms. The summed E-state index contributed by atoms with van der Waals surface area (Å²) in [5.41, 5.74) is -0.286. The third kappa shape index (κ3) is 9.16. The van der Waals surface area contributed by atoms with Crippen molar-refractivity contribution >= 4 is 17.6 Å². The summed E-state index contributed by atoms with van der Waals surface area (Å²) < 4.78 is 0. The van der Waals surface area contributed by atoms with Gasteiger partial charge in [-0.15, -0.1) is 0 Å². The molecule has 1 aromatic rings. The van der Waals surface area contributed by atoms with Gasteiger partial charge in [-0.05, 0) is 19.9 Å². The van der Waals surface area contributed by atoms with E-state index in [1.165, 1.54) is 6.07 Å². The highest BCUT2D eigenvalue weighted by Gasteiger charge is 2.17. The summed E-state index contributed by atoms with van der Waals surface area (Å²) in [5, 5.41) is 15.2. The number of hydrogen-bond donors (Lipinski definition) is 4. The minimum Gasteiger partial charge on any atom is -0.368 e. The molecule has 4 N–H and O–H groups in total. The van der Waals surface area contributed by atoms with Crippen LogP contribution in [0.3, 0.4) is 0 Å². The van der Waals surface area contributed by atoms with E-state index in [1.54, 1.807) is 11.0 Å². The fraction of sp³-hybridized carbons (Fsp3) is 0.647. The normalized spacial score (nSPS) is 10.8.